The molecule has 2 nitrogen and oxygen atoms in total. The van der Waals surface area contributed by atoms with Crippen LogP contribution in [0, 0.1) is 0 Å². The number of fused-ring (bicyclic) bond motifs is 7. The first-order valence-corrected chi connectivity index (χ1v) is 19.2. The third kappa shape index (κ3) is 5.34. The highest BCUT2D eigenvalue weighted by atomic mass is 16.3. The second-order valence-electron chi connectivity index (χ2n) is 14.5. The van der Waals surface area contributed by atoms with Crippen molar-refractivity contribution in [1.82, 2.24) is 0 Å². The second kappa shape index (κ2) is 13.2. The van der Waals surface area contributed by atoms with E-state index in [4.69, 9.17) is 4.42 Å². The molecule has 2 heteroatoms. The monoisotopic (exact) mass is 713 g/mol. The summed E-state index contributed by atoms with van der Waals surface area (Å²) in [6.07, 6.45) is 0. The van der Waals surface area contributed by atoms with Crippen molar-refractivity contribution >= 4 is 71.3 Å². The molecule has 11 rings (SSSR count). The number of para-hydroxylation sites is 2. The van der Waals surface area contributed by atoms with Gasteiger partial charge in [-0.1, -0.05) is 158 Å². The third-order valence-electron chi connectivity index (χ3n) is 11.2. The Balaban J connectivity index is 1.08. The van der Waals surface area contributed by atoms with Gasteiger partial charge in [0.1, 0.15) is 11.2 Å². The fourth-order valence-corrected chi connectivity index (χ4v) is 8.61. The molecule has 0 radical (unpaired) electrons. The molecular weight excluding hydrogens is 679 g/mol. The molecule has 0 aliphatic rings. The molecule has 1 heterocycles. The minimum absolute atomic E-state index is 0.864. The van der Waals surface area contributed by atoms with Gasteiger partial charge in [0.2, 0.25) is 0 Å². The normalized spacial score (nSPS) is 11.6. The van der Waals surface area contributed by atoms with Crippen molar-refractivity contribution < 1.29 is 4.42 Å². The number of hydrogen-bond acceptors (Lipinski definition) is 2. The van der Waals surface area contributed by atoms with Gasteiger partial charge in [0, 0.05) is 33.8 Å². The van der Waals surface area contributed by atoms with Crippen LogP contribution in [-0.2, 0) is 0 Å². The van der Waals surface area contributed by atoms with Gasteiger partial charge in [-0.25, -0.2) is 0 Å². The molecule has 0 spiro atoms. The zero-order valence-electron chi connectivity index (χ0n) is 30.6. The first-order valence-electron chi connectivity index (χ1n) is 19.2. The van der Waals surface area contributed by atoms with E-state index in [9.17, 15) is 0 Å². The van der Waals surface area contributed by atoms with Crippen LogP contribution in [0.5, 0.6) is 0 Å². The number of benzene rings is 10. The minimum Gasteiger partial charge on any atom is -0.456 e. The van der Waals surface area contributed by atoms with Crippen LogP contribution in [0.15, 0.2) is 217 Å². The highest BCUT2D eigenvalue weighted by Gasteiger charge is 2.20. The summed E-state index contributed by atoms with van der Waals surface area (Å²) >= 11 is 0. The second-order valence-corrected chi connectivity index (χ2v) is 14.5. The average Bonchev–Trinajstić information content (AvgIpc) is 3.64. The molecule has 0 saturated heterocycles. The molecule has 10 aromatic carbocycles. The van der Waals surface area contributed by atoms with Crippen molar-refractivity contribution in [2.45, 2.75) is 0 Å². The SMILES string of the molecule is c1cc(-c2ccccc2N(c2ccc(-c3cc4ccccc4c4ccccc34)cc2)c2ccc3c(c2)oc2ccccc23)cc(-c2cccc3ccccc23)c1. The standard InChI is InChI=1S/C54H35NO/c1-3-18-43-36(13-1)15-12-24-44(43)38-16-11-17-39(33-38)46-20-7-9-25-52(46)55(42-31-32-50-49-23-8-10-26-53(49)56-54(50)35-42)41-29-27-37(28-30-41)51-34-40-14-2-4-19-45(40)47-21-5-6-22-48(47)51/h1-35H. The lowest BCUT2D eigenvalue weighted by Gasteiger charge is -2.28. The van der Waals surface area contributed by atoms with E-state index in [0.29, 0.717) is 0 Å². The first-order chi connectivity index (χ1) is 27.8. The maximum absolute atomic E-state index is 6.46. The summed E-state index contributed by atoms with van der Waals surface area (Å²) in [6, 6.07) is 76.5. The molecule has 56 heavy (non-hydrogen) atoms. The minimum atomic E-state index is 0.864. The molecule has 0 bridgehead atoms. The Labute approximate surface area is 325 Å². The van der Waals surface area contributed by atoms with Gasteiger partial charge in [-0.15, -0.1) is 0 Å². The van der Waals surface area contributed by atoms with Crippen LogP contribution in [0.2, 0.25) is 0 Å². The summed E-state index contributed by atoms with van der Waals surface area (Å²) in [7, 11) is 0. The molecule has 0 aliphatic carbocycles. The van der Waals surface area contributed by atoms with E-state index in [0.717, 1.165) is 50.1 Å². The molecule has 0 N–H and O–H groups in total. The van der Waals surface area contributed by atoms with E-state index >= 15 is 0 Å². The molecular formula is C54H35NO. The van der Waals surface area contributed by atoms with Gasteiger partial charge in [0.25, 0.3) is 0 Å². The molecule has 0 saturated carbocycles. The number of anilines is 3. The largest absolute Gasteiger partial charge is 0.456 e. The summed E-state index contributed by atoms with van der Waals surface area (Å²) in [6.45, 7) is 0. The number of furan rings is 1. The van der Waals surface area contributed by atoms with Crippen molar-refractivity contribution in [2.75, 3.05) is 4.90 Å². The Morgan fingerprint density at radius 1 is 0.286 bits per heavy atom. The lowest BCUT2D eigenvalue weighted by Crippen LogP contribution is -2.11. The summed E-state index contributed by atoms with van der Waals surface area (Å²) in [4.78, 5) is 2.37. The van der Waals surface area contributed by atoms with E-state index < -0.39 is 0 Å². The van der Waals surface area contributed by atoms with E-state index in [2.05, 4.69) is 205 Å². The smallest absolute Gasteiger partial charge is 0.137 e. The van der Waals surface area contributed by atoms with Crippen LogP contribution in [0.4, 0.5) is 17.1 Å². The van der Waals surface area contributed by atoms with Crippen LogP contribution in [0.1, 0.15) is 0 Å². The summed E-state index contributed by atoms with van der Waals surface area (Å²) < 4.78 is 6.46. The summed E-state index contributed by atoms with van der Waals surface area (Å²) in [5, 5.41) is 9.76. The summed E-state index contributed by atoms with van der Waals surface area (Å²) in [5.74, 6) is 0. The Morgan fingerprint density at radius 2 is 0.875 bits per heavy atom. The zero-order chi connectivity index (χ0) is 37.0. The Hall–Kier alpha value is -7.42. The highest BCUT2D eigenvalue weighted by molar-refractivity contribution is 6.14. The molecule has 262 valence electrons. The first kappa shape index (κ1) is 32.0. The number of hydrogen-bond donors (Lipinski definition) is 0. The Bertz CT molecular complexity index is 3260. The molecule has 0 aliphatic heterocycles. The average molecular weight is 714 g/mol. The molecule has 11 aromatic rings. The highest BCUT2D eigenvalue weighted by Crippen LogP contribution is 2.44. The maximum Gasteiger partial charge on any atom is 0.137 e. The van der Waals surface area contributed by atoms with Crippen LogP contribution in [0.25, 0.3) is 87.6 Å². The van der Waals surface area contributed by atoms with E-state index in [1.165, 1.54) is 54.6 Å². The van der Waals surface area contributed by atoms with Crippen molar-refractivity contribution in [3.05, 3.63) is 212 Å². The maximum atomic E-state index is 6.46. The fraction of sp³-hybridized carbons (Fsp3) is 0. The van der Waals surface area contributed by atoms with Crippen LogP contribution >= 0.6 is 0 Å². The Morgan fingerprint density at radius 3 is 1.73 bits per heavy atom. The van der Waals surface area contributed by atoms with Gasteiger partial charge in [-0.3, -0.25) is 0 Å². The molecule has 0 unspecified atom stereocenters. The van der Waals surface area contributed by atoms with Crippen molar-refractivity contribution in [1.29, 1.82) is 0 Å². The fourth-order valence-electron chi connectivity index (χ4n) is 8.61. The molecule has 0 fully saturated rings. The van der Waals surface area contributed by atoms with Crippen LogP contribution in [-0.4, -0.2) is 0 Å². The Kier molecular flexibility index (Phi) is 7.53. The summed E-state index contributed by atoms with van der Waals surface area (Å²) in [5.41, 5.74) is 12.1. The predicted molar refractivity (Wildman–Crippen MR) is 237 cm³/mol. The molecule has 1 aromatic heterocycles. The van der Waals surface area contributed by atoms with Crippen molar-refractivity contribution in [3.63, 3.8) is 0 Å². The van der Waals surface area contributed by atoms with Gasteiger partial charge in [-0.05, 0) is 109 Å². The van der Waals surface area contributed by atoms with Crippen LogP contribution in [0.3, 0.4) is 0 Å². The van der Waals surface area contributed by atoms with Crippen molar-refractivity contribution in [3.8, 4) is 33.4 Å². The molecule has 0 atom stereocenters. The van der Waals surface area contributed by atoms with E-state index in [-0.39, 0.29) is 0 Å². The van der Waals surface area contributed by atoms with Gasteiger partial charge in [0.15, 0.2) is 0 Å². The predicted octanol–water partition coefficient (Wildman–Crippen LogP) is 15.5. The van der Waals surface area contributed by atoms with Gasteiger partial charge in [-0.2, -0.15) is 0 Å². The lowest BCUT2D eigenvalue weighted by atomic mass is 9.93. The van der Waals surface area contributed by atoms with Crippen LogP contribution < -0.4 is 4.90 Å². The third-order valence-corrected chi connectivity index (χ3v) is 11.2. The molecule has 0 amide bonds. The zero-order valence-corrected chi connectivity index (χ0v) is 30.6. The van der Waals surface area contributed by atoms with Gasteiger partial charge < -0.3 is 9.32 Å². The van der Waals surface area contributed by atoms with E-state index in [1.54, 1.807) is 0 Å². The number of rotatable bonds is 6. The lowest BCUT2D eigenvalue weighted by molar-refractivity contribution is 0.669. The van der Waals surface area contributed by atoms with E-state index in [1.807, 2.05) is 12.1 Å². The van der Waals surface area contributed by atoms with Crippen molar-refractivity contribution in [2.24, 2.45) is 0 Å². The number of nitrogens with zero attached hydrogens (tertiary/aromatic N) is 1. The quantitative estimate of drug-likeness (QED) is 0.160. The van der Waals surface area contributed by atoms with Gasteiger partial charge in [0.05, 0.1) is 5.69 Å². The topological polar surface area (TPSA) is 16.4 Å². The van der Waals surface area contributed by atoms with Gasteiger partial charge >= 0.3 is 0 Å².